The van der Waals surface area contributed by atoms with E-state index < -0.39 is 0 Å². The highest BCUT2D eigenvalue weighted by Crippen LogP contribution is 2.27. The molecule has 13 heavy (non-hydrogen) atoms. The maximum absolute atomic E-state index is 9.77. The van der Waals surface area contributed by atoms with Crippen LogP contribution in [-0.2, 0) is 5.54 Å². The zero-order chi connectivity index (χ0) is 10.2. The molecule has 0 spiro atoms. The van der Waals surface area contributed by atoms with Crippen molar-refractivity contribution in [2.75, 3.05) is 0 Å². The average molecular weight is 183 g/mol. The molecule has 0 aliphatic heterocycles. The summed E-state index contributed by atoms with van der Waals surface area (Å²) in [6.45, 7) is 9.90. The van der Waals surface area contributed by atoms with Crippen LogP contribution in [0.5, 0.6) is 5.88 Å². The number of hydrogen-bond donors (Lipinski definition) is 1. The number of hydrogen-bond acceptors (Lipinski definition) is 3. The fraction of sp³-hybridized carbons (Fsp3) is 0.778. The summed E-state index contributed by atoms with van der Waals surface area (Å²) < 4.78 is 1.54. The van der Waals surface area contributed by atoms with Crippen molar-refractivity contribution < 1.29 is 5.11 Å². The van der Waals surface area contributed by atoms with Crippen LogP contribution in [0.15, 0.2) is 0 Å². The SMILES string of the molecule is CC(C)c1nnn(C(C)(C)C)c1O. The molecule has 4 nitrogen and oxygen atoms in total. The van der Waals surface area contributed by atoms with Gasteiger partial charge in [-0.1, -0.05) is 19.1 Å². The van der Waals surface area contributed by atoms with Crippen molar-refractivity contribution in [1.29, 1.82) is 0 Å². The number of rotatable bonds is 1. The molecule has 1 N–H and O–H groups in total. The van der Waals surface area contributed by atoms with Gasteiger partial charge in [0.25, 0.3) is 0 Å². The van der Waals surface area contributed by atoms with Crippen molar-refractivity contribution >= 4 is 0 Å². The normalized spacial score (nSPS) is 12.5. The highest BCUT2D eigenvalue weighted by molar-refractivity contribution is 5.19. The van der Waals surface area contributed by atoms with Crippen molar-refractivity contribution in [3.8, 4) is 5.88 Å². The molecule has 1 heterocycles. The van der Waals surface area contributed by atoms with Gasteiger partial charge in [0.1, 0.15) is 5.69 Å². The van der Waals surface area contributed by atoms with E-state index in [0.717, 1.165) is 0 Å². The molecule has 0 fully saturated rings. The summed E-state index contributed by atoms with van der Waals surface area (Å²) in [7, 11) is 0. The first-order valence-electron chi connectivity index (χ1n) is 4.49. The van der Waals surface area contributed by atoms with Crippen LogP contribution in [0.3, 0.4) is 0 Å². The molecule has 0 unspecified atom stereocenters. The summed E-state index contributed by atoms with van der Waals surface area (Å²) in [4.78, 5) is 0. The smallest absolute Gasteiger partial charge is 0.234 e. The van der Waals surface area contributed by atoms with E-state index in [4.69, 9.17) is 0 Å². The molecule has 1 aromatic heterocycles. The van der Waals surface area contributed by atoms with Gasteiger partial charge in [-0.05, 0) is 20.8 Å². The molecular weight excluding hydrogens is 166 g/mol. The van der Waals surface area contributed by atoms with E-state index >= 15 is 0 Å². The standard InChI is InChI=1S/C9H17N3O/c1-6(2)7-8(13)12(11-10-7)9(3,4)5/h6,13H,1-5H3. The van der Waals surface area contributed by atoms with Gasteiger partial charge >= 0.3 is 0 Å². The van der Waals surface area contributed by atoms with Crippen LogP contribution in [0.1, 0.15) is 46.2 Å². The van der Waals surface area contributed by atoms with Gasteiger partial charge < -0.3 is 5.11 Å². The van der Waals surface area contributed by atoms with E-state index in [1.165, 1.54) is 0 Å². The van der Waals surface area contributed by atoms with Gasteiger partial charge in [0.05, 0.1) is 5.54 Å². The highest BCUT2D eigenvalue weighted by atomic mass is 16.3. The van der Waals surface area contributed by atoms with Crippen LogP contribution in [0.4, 0.5) is 0 Å². The zero-order valence-corrected chi connectivity index (χ0v) is 8.87. The first-order valence-corrected chi connectivity index (χ1v) is 4.49. The molecule has 0 aliphatic rings. The van der Waals surface area contributed by atoms with Gasteiger partial charge in [0.15, 0.2) is 0 Å². The van der Waals surface area contributed by atoms with Crippen LogP contribution in [0.2, 0.25) is 0 Å². The van der Waals surface area contributed by atoms with Gasteiger partial charge in [-0.3, -0.25) is 0 Å². The number of aromatic hydroxyl groups is 1. The van der Waals surface area contributed by atoms with E-state index in [1.54, 1.807) is 4.68 Å². The Morgan fingerprint density at radius 3 is 2.08 bits per heavy atom. The summed E-state index contributed by atoms with van der Waals surface area (Å²) >= 11 is 0. The Bertz CT molecular complexity index is 296. The monoisotopic (exact) mass is 183 g/mol. The Hall–Kier alpha value is -1.06. The Morgan fingerprint density at radius 2 is 1.85 bits per heavy atom. The van der Waals surface area contributed by atoms with Crippen molar-refractivity contribution in [3.05, 3.63) is 5.69 Å². The minimum Gasteiger partial charge on any atom is -0.492 e. The summed E-state index contributed by atoms with van der Waals surface area (Å²) in [5.41, 5.74) is 0.444. The second-order valence-corrected chi connectivity index (χ2v) is 4.54. The lowest BCUT2D eigenvalue weighted by molar-refractivity contribution is 0.289. The lowest BCUT2D eigenvalue weighted by atomic mass is 10.1. The van der Waals surface area contributed by atoms with E-state index in [2.05, 4.69) is 10.3 Å². The van der Waals surface area contributed by atoms with Crippen LogP contribution in [-0.4, -0.2) is 20.1 Å². The van der Waals surface area contributed by atoms with Crippen molar-refractivity contribution in [3.63, 3.8) is 0 Å². The van der Waals surface area contributed by atoms with Crippen LogP contribution in [0, 0.1) is 0 Å². The molecule has 0 atom stereocenters. The summed E-state index contributed by atoms with van der Waals surface area (Å²) in [6.07, 6.45) is 0. The third-order valence-electron chi connectivity index (χ3n) is 1.85. The zero-order valence-electron chi connectivity index (χ0n) is 8.87. The third-order valence-corrected chi connectivity index (χ3v) is 1.85. The van der Waals surface area contributed by atoms with Crippen LogP contribution in [0.25, 0.3) is 0 Å². The van der Waals surface area contributed by atoms with E-state index in [-0.39, 0.29) is 17.3 Å². The average Bonchev–Trinajstić information content (AvgIpc) is 2.28. The molecule has 0 bridgehead atoms. The van der Waals surface area contributed by atoms with Crippen LogP contribution >= 0.6 is 0 Å². The first-order chi connectivity index (χ1) is 5.84. The lowest BCUT2D eigenvalue weighted by Gasteiger charge is -2.18. The molecule has 74 valence electrons. The van der Waals surface area contributed by atoms with Crippen molar-refractivity contribution in [2.45, 2.75) is 46.1 Å². The Balaban J connectivity index is 3.14. The fourth-order valence-electron chi connectivity index (χ4n) is 1.11. The van der Waals surface area contributed by atoms with Crippen LogP contribution < -0.4 is 0 Å². The lowest BCUT2D eigenvalue weighted by Crippen LogP contribution is -2.22. The topological polar surface area (TPSA) is 50.9 Å². The molecule has 0 aromatic carbocycles. The van der Waals surface area contributed by atoms with E-state index in [0.29, 0.717) is 5.69 Å². The summed E-state index contributed by atoms with van der Waals surface area (Å²) in [6, 6.07) is 0. The fourth-order valence-corrected chi connectivity index (χ4v) is 1.11. The van der Waals surface area contributed by atoms with Crippen molar-refractivity contribution in [1.82, 2.24) is 15.0 Å². The quantitative estimate of drug-likeness (QED) is 0.723. The Kier molecular flexibility index (Phi) is 2.32. The van der Waals surface area contributed by atoms with E-state index in [1.807, 2.05) is 34.6 Å². The summed E-state index contributed by atoms with van der Waals surface area (Å²) in [5, 5.41) is 17.6. The molecule has 0 saturated carbocycles. The molecule has 0 saturated heterocycles. The summed E-state index contributed by atoms with van der Waals surface area (Å²) in [5.74, 6) is 0.388. The van der Waals surface area contributed by atoms with Crippen molar-refractivity contribution in [2.24, 2.45) is 0 Å². The van der Waals surface area contributed by atoms with E-state index in [9.17, 15) is 5.11 Å². The van der Waals surface area contributed by atoms with Gasteiger partial charge in [-0.25, -0.2) is 4.68 Å². The first kappa shape index (κ1) is 10.0. The Morgan fingerprint density at radius 1 is 1.31 bits per heavy atom. The minimum atomic E-state index is -0.218. The largest absolute Gasteiger partial charge is 0.492 e. The molecule has 1 aromatic rings. The molecular formula is C9H17N3O. The highest BCUT2D eigenvalue weighted by Gasteiger charge is 2.22. The molecule has 0 radical (unpaired) electrons. The molecule has 0 amide bonds. The van der Waals surface area contributed by atoms with Gasteiger partial charge in [-0.2, -0.15) is 0 Å². The maximum atomic E-state index is 9.77. The van der Waals surface area contributed by atoms with Gasteiger partial charge in [0.2, 0.25) is 5.88 Å². The third kappa shape index (κ3) is 1.82. The maximum Gasteiger partial charge on any atom is 0.234 e. The van der Waals surface area contributed by atoms with Gasteiger partial charge in [-0.15, -0.1) is 5.10 Å². The predicted octanol–water partition coefficient (Wildman–Crippen LogP) is 1.86. The number of aromatic nitrogens is 3. The second-order valence-electron chi connectivity index (χ2n) is 4.54. The second kappa shape index (κ2) is 3.01. The predicted molar refractivity (Wildman–Crippen MR) is 50.8 cm³/mol. The Labute approximate surface area is 78.6 Å². The number of nitrogens with zero attached hydrogens (tertiary/aromatic N) is 3. The molecule has 4 heteroatoms. The molecule has 0 aliphatic carbocycles. The van der Waals surface area contributed by atoms with Gasteiger partial charge in [0, 0.05) is 5.92 Å². The minimum absolute atomic E-state index is 0.183. The molecule has 1 rings (SSSR count).